The van der Waals surface area contributed by atoms with Gasteiger partial charge in [-0.25, -0.2) is 0 Å². The first-order valence-electron chi connectivity index (χ1n) is 5.65. The number of carbonyl (C=O) groups is 1. The van der Waals surface area contributed by atoms with E-state index in [0.717, 1.165) is 19.3 Å². The maximum absolute atomic E-state index is 11.8. The third-order valence-corrected chi connectivity index (χ3v) is 3.00. The van der Waals surface area contributed by atoms with E-state index >= 15 is 0 Å². The van der Waals surface area contributed by atoms with E-state index in [2.05, 4.69) is 0 Å². The lowest BCUT2D eigenvalue weighted by Crippen LogP contribution is -2.38. The van der Waals surface area contributed by atoms with Crippen LogP contribution in [0.25, 0.3) is 0 Å². The van der Waals surface area contributed by atoms with E-state index in [-0.39, 0.29) is 17.9 Å². The zero-order valence-corrected chi connectivity index (χ0v) is 9.66. The Balaban J connectivity index is 2.47. The third-order valence-electron chi connectivity index (χ3n) is 3.00. The number of esters is 1. The summed E-state index contributed by atoms with van der Waals surface area (Å²) in [5.74, 6) is -0.263. The minimum Gasteiger partial charge on any atom is -0.459 e. The van der Waals surface area contributed by atoms with Crippen LogP contribution in [-0.4, -0.2) is 24.2 Å². The van der Waals surface area contributed by atoms with Gasteiger partial charge in [0.05, 0.1) is 5.92 Å². The highest BCUT2D eigenvalue weighted by Gasteiger charge is 2.34. The van der Waals surface area contributed by atoms with Crippen LogP contribution >= 0.6 is 0 Å². The van der Waals surface area contributed by atoms with Gasteiger partial charge in [-0.2, -0.15) is 0 Å². The van der Waals surface area contributed by atoms with Crippen molar-refractivity contribution in [2.45, 2.75) is 51.2 Å². The van der Waals surface area contributed by atoms with Crippen LogP contribution in [0.4, 0.5) is 0 Å². The van der Waals surface area contributed by atoms with Crippen LogP contribution in [0.15, 0.2) is 0 Å². The summed E-state index contributed by atoms with van der Waals surface area (Å²) in [5.41, 5.74) is 10.8. The molecular weight excluding hydrogens is 192 g/mol. The fourth-order valence-electron chi connectivity index (χ4n) is 2.03. The van der Waals surface area contributed by atoms with E-state index < -0.39 is 5.60 Å². The highest BCUT2D eigenvalue weighted by Crippen LogP contribution is 2.27. The molecule has 4 N–H and O–H groups in total. The largest absolute Gasteiger partial charge is 0.459 e. The zero-order chi connectivity index (χ0) is 11.5. The molecule has 0 spiro atoms. The Hall–Kier alpha value is -0.610. The predicted molar refractivity (Wildman–Crippen MR) is 59.2 cm³/mol. The molecule has 15 heavy (non-hydrogen) atoms. The summed E-state index contributed by atoms with van der Waals surface area (Å²) in [7, 11) is 0. The number of rotatable bonds is 4. The van der Waals surface area contributed by atoms with Crippen molar-refractivity contribution in [3.05, 3.63) is 0 Å². The topological polar surface area (TPSA) is 78.3 Å². The van der Waals surface area contributed by atoms with Gasteiger partial charge < -0.3 is 16.2 Å². The molecule has 0 amide bonds. The Labute approximate surface area is 91.3 Å². The van der Waals surface area contributed by atoms with Gasteiger partial charge in [0.2, 0.25) is 0 Å². The average Bonchev–Trinajstić information content (AvgIpc) is 2.50. The molecule has 0 aliphatic heterocycles. The van der Waals surface area contributed by atoms with Crippen molar-refractivity contribution in [1.29, 1.82) is 0 Å². The van der Waals surface area contributed by atoms with Gasteiger partial charge in [0, 0.05) is 6.04 Å². The van der Waals surface area contributed by atoms with Gasteiger partial charge in [-0.15, -0.1) is 0 Å². The molecule has 1 saturated carbocycles. The Kier molecular flexibility index (Phi) is 4.11. The molecule has 2 unspecified atom stereocenters. The normalized spacial score (nSPS) is 26.7. The molecule has 0 aromatic rings. The van der Waals surface area contributed by atoms with E-state index in [0.29, 0.717) is 13.0 Å². The summed E-state index contributed by atoms with van der Waals surface area (Å²) in [6, 6.07) is -0.0221. The van der Waals surface area contributed by atoms with Crippen molar-refractivity contribution in [3.8, 4) is 0 Å². The summed E-state index contributed by atoms with van der Waals surface area (Å²) >= 11 is 0. The molecule has 88 valence electrons. The molecule has 1 rings (SSSR count). The van der Waals surface area contributed by atoms with Gasteiger partial charge in [0.15, 0.2) is 0 Å². The smallest absolute Gasteiger partial charge is 0.311 e. The van der Waals surface area contributed by atoms with Gasteiger partial charge in [-0.05, 0) is 39.7 Å². The van der Waals surface area contributed by atoms with E-state index in [9.17, 15) is 4.79 Å². The van der Waals surface area contributed by atoms with E-state index in [1.165, 1.54) is 0 Å². The Bertz CT molecular complexity index is 229. The first-order chi connectivity index (χ1) is 6.96. The number of nitrogens with two attached hydrogens (primary N) is 2. The predicted octanol–water partition coefficient (Wildman–Crippen LogP) is 0.784. The molecule has 0 bridgehead atoms. The van der Waals surface area contributed by atoms with Gasteiger partial charge >= 0.3 is 5.97 Å². The maximum atomic E-state index is 11.8. The van der Waals surface area contributed by atoms with Crippen LogP contribution in [0.5, 0.6) is 0 Å². The van der Waals surface area contributed by atoms with Crippen molar-refractivity contribution < 1.29 is 9.53 Å². The Morgan fingerprint density at radius 1 is 1.47 bits per heavy atom. The lowest BCUT2D eigenvalue weighted by molar-refractivity contribution is -0.162. The molecule has 0 heterocycles. The number of hydrogen-bond acceptors (Lipinski definition) is 4. The van der Waals surface area contributed by atoms with Crippen molar-refractivity contribution in [2.75, 3.05) is 6.54 Å². The van der Waals surface area contributed by atoms with Crippen LogP contribution < -0.4 is 11.5 Å². The SMILES string of the molecule is CC(C)(CCN)OC(=O)C1CCCC1N. The second-order valence-corrected chi connectivity index (χ2v) is 4.92. The van der Waals surface area contributed by atoms with E-state index in [4.69, 9.17) is 16.2 Å². The first kappa shape index (κ1) is 12.5. The van der Waals surface area contributed by atoms with Crippen molar-refractivity contribution in [1.82, 2.24) is 0 Å². The number of carbonyl (C=O) groups excluding carboxylic acids is 1. The van der Waals surface area contributed by atoms with Crippen molar-refractivity contribution >= 4 is 5.97 Å². The average molecular weight is 214 g/mol. The fraction of sp³-hybridized carbons (Fsp3) is 0.909. The van der Waals surface area contributed by atoms with E-state index in [1.54, 1.807) is 0 Å². The Morgan fingerprint density at radius 3 is 2.60 bits per heavy atom. The molecule has 2 atom stereocenters. The quantitative estimate of drug-likeness (QED) is 0.678. The minimum absolute atomic E-state index is 0.0221. The summed E-state index contributed by atoms with van der Waals surface area (Å²) < 4.78 is 5.43. The highest BCUT2D eigenvalue weighted by atomic mass is 16.6. The van der Waals surface area contributed by atoms with Crippen molar-refractivity contribution in [3.63, 3.8) is 0 Å². The number of hydrogen-bond donors (Lipinski definition) is 2. The van der Waals surface area contributed by atoms with Crippen LogP contribution in [0.2, 0.25) is 0 Å². The molecule has 4 heteroatoms. The third kappa shape index (κ3) is 3.47. The fourth-order valence-corrected chi connectivity index (χ4v) is 2.03. The standard InChI is InChI=1S/C11H22N2O2/c1-11(2,6-7-12)15-10(14)8-4-3-5-9(8)13/h8-9H,3-7,12-13H2,1-2H3. The van der Waals surface area contributed by atoms with Gasteiger partial charge in [0.25, 0.3) is 0 Å². The van der Waals surface area contributed by atoms with E-state index in [1.807, 2.05) is 13.8 Å². The molecule has 1 aliphatic rings. The van der Waals surface area contributed by atoms with Gasteiger partial charge in [-0.1, -0.05) is 6.42 Å². The van der Waals surface area contributed by atoms with Crippen LogP contribution in [0.1, 0.15) is 39.5 Å². The monoisotopic (exact) mass is 214 g/mol. The first-order valence-corrected chi connectivity index (χ1v) is 5.65. The molecule has 1 aliphatic carbocycles. The van der Waals surface area contributed by atoms with Crippen LogP contribution in [0.3, 0.4) is 0 Å². The second kappa shape index (κ2) is 4.94. The zero-order valence-electron chi connectivity index (χ0n) is 9.66. The van der Waals surface area contributed by atoms with Gasteiger partial charge in [0.1, 0.15) is 5.60 Å². The minimum atomic E-state index is -0.464. The van der Waals surface area contributed by atoms with Gasteiger partial charge in [-0.3, -0.25) is 4.79 Å². The molecule has 4 nitrogen and oxygen atoms in total. The summed E-state index contributed by atoms with van der Waals surface area (Å²) in [6.45, 7) is 4.30. The molecule has 0 radical (unpaired) electrons. The van der Waals surface area contributed by atoms with Crippen LogP contribution in [-0.2, 0) is 9.53 Å². The van der Waals surface area contributed by atoms with Crippen LogP contribution in [0, 0.1) is 5.92 Å². The molecular formula is C11H22N2O2. The maximum Gasteiger partial charge on any atom is 0.311 e. The molecule has 1 fully saturated rings. The number of ether oxygens (including phenoxy) is 1. The Morgan fingerprint density at radius 2 is 2.13 bits per heavy atom. The lowest BCUT2D eigenvalue weighted by atomic mass is 10.0. The van der Waals surface area contributed by atoms with Crippen molar-refractivity contribution in [2.24, 2.45) is 17.4 Å². The summed E-state index contributed by atoms with van der Waals surface area (Å²) in [4.78, 5) is 11.8. The highest BCUT2D eigenvalue weighted by molar-refractivity contribution is 5.74. The summed E-state index contributed by atoms with van der Waals surface area (Å²) in [5, 5.41) is 0. The molecule has 0 aromatic heterocycles. The molecule has 0 saturated heterocycles. The lowest BCUT2D eigenvalue weighted by Gasteiger charge is -2.27. The molecule has 0 aromatic carbocycles. The summed E-state index contributed by atoms with van der Waals surface area (Å²) in [6.07, 6.45) is 3.49. The second-order valence-electron chi connectivity index (χ2n) is 4.92.